The molecule has 0 fully saturated rings. The third-order valence-corrected chi connectivity index (χ3v) is 16.3. The van der Waals surface area contributed by atoms with Gasteiger partial charge in [-0.2, -0.15) is 0 Å². The van der Waals surface area contributed by atoms with E-state index < -0.39 is 0 Å². The third-order valence-electron chi connectivity index (χ3n) is 16.3. The number of aromatic nitrogens is 4. The normalized spacial score (nSPS) is 11.8. The van der Waals surface area contributed by atoms with Crippen molar-refractivity contribution in [3.8, 4) is 78.4 Å². The van der Waals surface area contributed by atoms with Crippen molar-refractivity contribution in [2.45, 2.75) is 0 Å². The molecule has 4 nitrogen and oxygen atoms in total. The summed E-state index contributed by atoms with van der Waals surface area (Å²) in [5.74, 6) is 0. The van der Waals surface area contributed by atoms with Gasteiger partial charge in [0.2, 0.25) is 0 Å². The fourth-order valence-electron chi connectivity index (χ4n) is 12.4. The lowest BCUT2D eigenvalue weighted by Gasteiger charge is -2.16. The van der Waals surface area contributed by atoms with Crippen molar-refractivity contribution in [1.82, 2.24) is 19.1 Å². The molecular weight excluding hydrogens is 969 g/mol. The van der Waals surface area contributed by atoms with Crippen LogP contribution in [0.5, 0.6) is 0 Å². The molecule has 0 bridgehead atoms. The predicted octanol–water partition coefficient (Wildman–Crippen LogP) is 20.1. The van der Waals surface area contributed by atoms with Crippen LogP contribution in [-0.4, -0.2) is 19.1 Å². The van der Waals surface area contributed by atoms with E-state index in [0.29, 0.717) is 0 Å². The van der Waals surface area contributed by atoms with E-state index in [0.717, 1.165) is 77.8 Å². The van der Waals surface area contributed by atoms with E-state index in [1.54, 1.807) is 0 Å². The Morgan fingerprint density at radius 2 is 0.438 bits per heavy atom. The number of fused-ring (bicyclic) bond motifs is 12. The fraction of sp³-hybridized carbons (Fsp3) is 0. The summed E-state index contributed by atoms with van der Waals surface area (Å²) < 4.78 is 4.81. The van der Waals surface area contributed by atoms with E-state index in [1.807, 2.05) is 0 Å². The Hall–Kier alpha value is -10.7. The topological polar surface area (TPSA) is 35.6 Å². The summed E-state index contributed by atoms with van der Waals surface area (Å²) in [6.45, 7) is 0. The molecule has 0 aliphatic heterocycles. The maximum absolute atomic E-state index is 5.72. The molecule has 13 aromatic carbocycles. The van der Waals surface area contributed by atoms with Crippen LogP contribution >= 0.6 is 0 Å². The zero-order valence-corrected chi connectivity index (χ0v) is 43.5. The van der Waals surface area contributed by atoms with E-state index in [-0.39, 0.29) is 0 Å². The molecule has 16 rings (SSSR count). The molecule has 0 atom stereocenters. The Morgan fingerprint density at radius 3 is 0.725 bits per heavy atom. The molecule has 0 amide bonds. The van der Waals surface area contributed by atoms with Gasteiger partial charge >= 0.3 is 0 Å². The zero-order chi connectivity index (χ0) is 52.7. The van der Waals surface area contributed by atoms with Crippen LogP contribution in [0.4, 0.5) is 0 Å². The van der Waals surface area contributed by atoms with E-state index >= 15 is 0 Å². The molecule has 16 aromatic rings. The van der Waals surface area contributed by atoms with Gasteiger partial charge in [-0.25, -0.2) is 9.97 Å². The highest BCUT2D eigenvalue weighted by Crippen LogP contribution is 2.43. The molecule has 0 aliphatic carbocycles. The second-order valence-electron chi connectivity index (χ2n) is 20.9. The summed E-state index contributed by atoms with van der Waals surface area (Å²) in [4.78, 5) is 11.4. The number of rotatable bonds is 8. The number of benzene rings is 13. The van der Waals surface area contributed by atoms with Crippen molar-refractivity contribution in [3.63, 3.8) is 0 Å². The van der Waals surface area contributed by atoms with E-state index in [2.05, 4.69) is 300 Å². The Labute approximate surface area is 462 Å². The fourth-order valence-corrected chi connectivity index (χ4v) is 12.4. The first-order valence-electron chi connectivity index (χ1n) is 27.4. The summed E-state index contributed by atoms with van der Waals surface area (Å²) in [7, 11) is 0. The minimum Gasteiger partial charge on any atom is -0.309 e. The van der Waals surface area contributed by atoms with Crippen molar-refractivity contribution in [2.75, 3.05) is 0 Å². The van der Waals surface area contributed by atoms with Crippen molar-refractivity contribution in [1.29, 1.82) is 0 Å². The zero-order valence-electron chi connectivity index (χ0n) is 43.5. The number of hydrogen-bond acceptors (Lipinski definition) is 2. The average molecular weight is 1020 g/mol. The Kier molecular flexibility index (Phi) is 10.5. The van der Waals surface area contributed by atoms with E-state index in [1.165, 1.54) is 76.8 Å². The van der Waals surface area contributed by atoms with Crippen LogP contribution in [0.15, 0.2) is 291 Å². The van der Waals surface area contributed by atoms with Gasteiger partial charge in [0.15, 0.2) is 0 Å². The highest BCUT2D eigenvalue weighted by Gasteiger charge is 2.21. The number of nitrogens with zero attached hydrogens (tertiary/aromatic N) is 4. The van der Waals surface area contributed by atoms with Gasteiger partial charge in [0.05, 0.1) is 44.5 Å². The van der Waals surface area contributed by atoms with Gasteiger partial charge < -0.3 is 9.13 Å². The first-order valence-corrected chi connectivity index (χ1v) is 27.4. The minimum atomic E-state index is 0.832. The smallest absolute Gasteiger partial charge is 0.0979 e. The van der Waals surface area contributed by atoms with Gasteiger partial charge in [-0.1, -0.05) is 218 Å². The van der Waals surface area contributed by atoms with Gasteiger partial charge in [-0.05, 0) is 128 Å². The van der Waals surface area contributed by atoms with Crippen LogP contribution in [0.1, 0.15) is 0 Å². The van der Waals surface area contributed by atoms with Crippen molar-refractivity contribution in [2.24, 2.45) is 0 Å². The van der Waals surface area contributed by atoms with E-state index in [4.69, 9.17) is 9.97 Å². The molecule has 0 N–H and O–H groups in total. The summed E-state index contributed by atoms with van der Waals surface area (Å²) in [5.41, 5.74) is 21.7. The third kappa shape index (κ3) is 7.45. The van der Waals surface area contributed by atoms with Gasteiger partial charge in [-0.3, -0.25) is 0 Å². The Bertz CT molecular complexity index is 4550. The van der Waals surface area contributed by atoms with Gasteiger partial charge in [-0.15, -0.1) is 0 Å². The quantitative estimate of drug-likeness (QED) is 0.142. The van der Waals surface area contributed by atoms with Crippen LogP contribution in [0.3, 0.4) is 0 Å². The Morgan fingerprint density at radius 1 is 0.188 bits per heavy atom. The van der Waals surface area contributed by atoms with Crippen LogP contribution in [0.2, 0.25) is 0 Å². The van der Waals surface area contributed by atoms with Crippen LogP contribution in [-0.2, 0) is 0 Å². The standard InChI is InChI=1S/C76H48N4/c1-5-17-49(18-6-1)55-33-41-69-65(45-55)66-46-56(50-19-7-2-8-20-50)34-42-70(66)79(69)59-37-29-53(30-38-59)73-74(78-76-64-28-16-14-26-62(64)61-25-13-15-27-63(61)75(76)77-73)54-31-39-60(40-32-54)80-71-43-35-57(51-21-9-3-10-22-51)47-67(71)68-48-58(36-44-72(68)80)52-23-11-4-12-24-52/h1-48H. The van der Waals surface area contributed by atoms with Crippen LogP contribution in [0.25, 0.3) is 155 Å². The largest absolute Gasteiger partial charge is 0.309 e. The summed E-state index contributed by atoms with van der Waals surface area (Å²) >= 11 is 0. The molecule has 0 radical (unpaired) electrons. The van der Waals surface area contributed by atoms with Crippen LogP contribution in [0, 0.1) is 0 Å². The summed E-state index contributed by atoms with van der Waals surface area (Å²) in [6.07, 6.45) is 0. The lowest BCUT2D eigenvalue weighted by atomic mass is 9.97. The number of hydrogen-bond donors (Lipinski definition) is 0. The molecule has 0 saturated heterocycles. The molecular formula is C76H48N4. The van der Waals surface area contributed by atoms with Gasteiger partial charge in [0.25, 0.3) is 0 Å². The SMILES string of the molecule is c1ccc(-c2ccc3c(c2)c2cc(-c4ccccc4)ccc2n3-c2ccc(-c3nc4c5ccccc5c5ccccc5c4nc3-c3ccc(-n4c5ccc(-c6ccccc6)cc5c5cc(-c6ccccc6)ccc54)cc3)cc2)cc1. The average Bonchev–Trinajstić information content (AvgIpc) is 4.14. The molecule has 3 aromatic heterocycles. The second kappa shape index (κ2) is 18.5. The highest BCUT2D eigenvalue weighted by molar-refractivity contribution is 6.23. The Balaban J connectivity index is 0.864. The highest BCUT2D eigenvalue weighted by atomic mass is 15.0. The molecule has 0 saturated carbocycles. The minimum absolute atomic E-state index is 0.832. The molecule has 0 unspecified atom stereocenters. The molecule has 0 aliphatic rings. The first kappa shape index (κ1) is 45.5. The first-order chi connectivity index (χ1) is 39.7. The second-order valence-corrected chi connectivity index (χ2v) is 20.9. The van der Waals surface area contributed by atoms with Crippen molar-refractivity contribution in [3.05, 3.63) is 291 Å². The monoisotopic (exact) mass is 1020 g/mol. The van der Waals surface area contributed by atoms with Crippen molar-refractivity contribution >= 4 is 76.2 Å². The maximum atomic E-state index is 5.72. The lowest BCUT2D eigenvalue weighted by Crippen LogP contribution is -1.99. The van der Waals surface area contributed by atoms with E-state index in [9.17, 15) is 0 Å². The lowest BCUT2D eigenvalue weighted by molar-refractivity contribution is 1.18. The molecule has 4 heteroatoms. The maximum Gasteiger partial charge on any atom is 0.0979 e. The molecule has 0 spiro atoms. The van der Waals surface area contributed by atoms with Gasteiger partial charge in [0.1, 0.15) is 0 Å². The summed E-state index contributed by atoms with van der Waals surface area (Å²) in [5, 5.41) is 9.34. The van der Waals surface area contributed by atoms with Crippen LogP contribution < -0.4 is 0 Å². The molecule has 372 valence electrons. The van der Waals surface area contributed by atoms with Crippen molar-refractivity contribution < 1.29 is 0 Å². The molecule has 3 heterocycles. The predicted molar refractivity (Wildman–Crippen MR) is 336 cm³/mol. The molecule has 80 heavy (non-hydrogen) atoms. The van der Waals surface area contributed by atoms with Gasteiger partial charge in [0, 0.05) is 54.8 Å². The summed E-state index contributed by atoms with van der Waals surface area (Å²) in [6, 6.07) is 105.